The fraction of sp³-hybridized carbons (Fsp3) is 1.00. The van der Waals surface area contributed by atoms with Crippen molar-refractivity contribution < 1.29 is 9.47 Å². The Labute approximate surface area is 146 Å². The predicted octanol–water partition coefficient (Wildman–Crippen LogP) is 5.62. The first-order chi connectivity index (χ1) is 9.70. The van der Waals surface area contributed by atoms with E-state index < -0.39 is 0 Å². The molecule has 118 valence electrons. The summed E-state index contributed by atoms with van der Waals surface area (Å²) in [6, 6.07) is 0. The zero-order valence-corrected chi connectivity index (χ0v) is 17.4. The maximum atomic E-state index is 5.53. The smallest absolute Gasteiger partial charge is 0.355 e. The van der Waals surface area contributed by atoms with E-state index in [1.165, 1.54) is 51.4 Å². The molecule has 0 rings (SSSR count). The third-order valence-corrected chi connectivity index (χ3v) is 8.98. The van der Waals surface area contributed by atoms with Crippen molar-refractivity contribution in [3.8, 4) is 0 Å². The standard InChI is InChI=1S/C16H33O2.HI.Mg/c1-4-6-7-8-9-13-17-15-18-14-10-12-16(3)11-5-2;;/h5,16H,4,6-15H2,1-3H3;1H;/q;;+1/p-1. The van der Waals surface area contributed by atoms with Crippen LogP contribution in [0.15, 0.2) is 0 Å². The molecule has 0 spiro atoms. The predicted molar refractivity (Wildman–Crippen MR) is 97.7 cm³/mol. The summed E-state index contributed by atoms with van der Waals surface area (Å²) in [7, 11) is 0. The van der Waals surface area contributed by atoms with E-state index in [-0.39, 0.29) is 16.5 Å². The van der Waals surface area contributed by atoms with Gasteiger partial charge in [0.25, 0.3) is 0 Å². The second-order valence-electron chi connectivity index (χ2n) is 6.09. The molecule has 0 heterocycles. The van der Waals surface area contributed by atoms with Crippen molar-refractivity contribution in [1.29, 1.82) is 0 Å². The number of halogens is 1. The molecule has 0 radical (unpaired) electrons. The molecule has 0 aromatic carbocycles. The molecule has 2 nitrogen and oxygen atoms in total. The maximum Gasteiger partial charge on any atom is 0.466 e. The molecule has 0 aliphatic rings. The molecule has 0 N–H and O–H groups in total. The summed E-state index contributed by atoms with van der Waals surface area (Å²) in [5.41, 5.74) is 0. The molecule has 0 amide bonds. The average molecular weight is 409 g/mol. The van der Waals surface area contributed by atoms with Gasteiger partial charge in [0.1, 0.15) is 6.79 Å². The Morgan fingerprint density at radius 2 is 1.60 bits per heavy atom. The van der Waals surface area contributed by atoms with Crippen molar-refractivity contribution in [2.45, 2.75) is 76.2 Å². The first-order valence-corrected chi connectivity index (χ1v) is 14.3. The van der Waals surface area contributed by atoms with Crippen LogP contribution in [0.4, 0.5) is 0 Å². The highest BCUT2D eigenvalue weighted by Crippen LogP contribution is 2.21. The average Bonchev–Trinajstić information content (AvgIpc) is 2.44. The Balaban J connectivity index is 3.12. The minimum atomic E-state index is 0.164. The molecule has 4 heteroatoms. The fourth-order valence-electron chi connectivity index (χ4n) is 2.39. The largest absolute Gasteiger partial charge is 0.466 e. The molecule has 0 saturated heterocycles. The van der Waals surface area contributed by atoms with Gasteiger partial charge in [0.15, 0.2) is 0 Å². The molecule has 2 atom stereocenters. The number of hydrogen-bond acceptors (Lipinski definition) is 2. The van der Waals surface area contributed by atoms with Crippen molar-refractivity contribution in [3.63, 3.8) is 0 Å². The zero-order chi connectivity index (χ0) is 15.1. The van der Waals surface area contributed by atoms with Gasteiger partial charge in [0, 0.05) is 13.2 Å². The molecule has 0 saturated carbocycles. The lowest BCUT2D eigenvalue weighted by atomic mass is 10.0. The van der Waals surface area contributed by atoms with Crippen LogP contribution in [0, 0.1) is 5.92 Å². The van der Waals surface area contributed by atoms with Gasteiger partial charge in [-0.15, -0.1) is 4.05 Å². The van der Waals surface area contributed by atoms with E-state index >= 15 is 0 Å². The van der Waals surface area contributed by atoms with Gasteiger partial charge in [-0.25, -0.2) is 0 Å². The van der Waals surface area contributed by atoms with Gasteiger partial charge in [0.05, 0.1) is 0 Å². The SMILES string of the molecule is CCCCCCCOCOCCCC(C)C[CH](C)[Mg][I]. The van der Waals surface area contributed by atoms with E-state index in [4.69, 9.17) is 9.47 Å². The zero-order valence-electron chi connectivity index (χ0n) is 13.8. The van der Waals surface area contributed by atoms with Crippen molar-refractivity contribution >= 4 is 35.3 Å². The summed E-state index contributed by atoms with van der Waals surface area (Å²) < 4.78 is 12.0. The van der Waals surface area contributed by atoms with Crippen LogP contribution in [0.25, 0.3) is 0 Å². The van der Waals surface area contributed by atoms with E-state index in [1.807, 2.05) is 0 Å². The number of ether oxygens (including phenoxy) is 2. The van der Waals surface area contributed by atoms with E-state index in [0.29, 0.717) is 6.79 Å². The molecule has 20 heavy (non-hydrogen) atoms. The van der Waals surface area contributed by atoms with Crippen LogP contribution in [0.3, 0.4) is 0 Å². The van der Waals surface area contributed by atoms with Gasteiger partial charge in [-0.3, -0.25) is 0 Å². The first-order valence-electron chi connectivity index (χ1n) is 8.42. The Kier molecular flexibility index (Phi) is 18.0. The van der Waals surface area contributed by atoms with Gasteiger partial charge < -0.3 is 28.3 Å². The summed E-state index contributed by atoms with van der Waals surface area (Å²) >= 11 is 2.78. The van der Waals surface area contributed by atoms with Crippen LogP contribution in [0.1, 0.15) is 72.1 Å². The number of rotatable bonds is 15. The third kappa shape index (κ3) is 15.8. The molecule has 2 unspecified atom stereocenters. The van der Waals surface area contributed by atoms with E-state index in [1.54, 1.807) is 0 Å². The molecule has 0 aromatic rings. The first kappa shape index (κ1) is 21.4. The topological polar surface area (TPSA) is 18.5 Å². The summed E-state index contributed by atoms with van der Waals surface area (Å²) in [4.78, 5) is 0. The van der Waals surface area contributed by atoms with Crippen LogP contribution < -0.4 is 0 Å². The van der Waals surface area contributed by atoms with Crippen LogP contribution in [-0.2, 0) is 9.47 Å². The Morgan fingerprint density at radius 1 is 0.950 bits per heavy atom. The van der Waals surface area contributed by atoms with Crippen molar-refractivity contribution in [1.82, 2.24) is 0 Å². The van der Waals surface area contributed by atoms with Crippen molar-refractivity contribution in [2.75, 3.05) is 20.0 Å². The summed E-state index contributed by atoms with van der Waals surface area (Å²) in [6.07, 6.45) is 10.4. The van der Waals surface area contributed by atoms with Gasteiger partial charge in [-0.2, -0.15) is 0 Å². The lowest BCUT2D eigenvalue weighted by Gasteiger charge is -2.15. The molecule has 0 fully saturated rings. The second kappa shape index (κ2) is 16.8. The molecule has 0 aromatic heterocycles. The maximum absolute atomic E-state index is 5.53. The van der Waals surface area contributed by atoms with Crippen molar-refractivity contribution in [2.24, 2.45) is 5.92 Å². The van der Waals surface area contributed by atoms with Gasteiger partial charge >= 0.3 is 16.5 Å². The van der Waals surface area contributed by atoms with Crippen LogP contribution in [0.5, 0.6) is 0 Å². The normalized spacial score (nSPS) is 14.0. The highest BCUT2D eigenvalue weighted by Gasteiger charge is 2.09. The van der Waals surface area contributed by atoms with Crippen molar-refractivity contribution in [3.05, 3.63) is 0 Å². The second-order valence-corrected chi connectivity index (χ2v) is 10.4. The minimum Gasteiger partial charge on any atom is -0.355 e. The number of unbranched alkanes of at least 4 members (excludes halogenated alkanes) is 4. The Morgan fingerprint density at radius 3 is 2.25 bits per heavy atom. The fourth-order valence-corrected chi connectivity index (χ4v) is 4.16. The number of hydrogen-bond donors (Lipinski definition) is 0. The van der Waals surface area contributed by atoms with E-state index in [2.05, 4.69) is 39.6 Å². The molecular formula is C16H33IMgO2. The monoisotopic (exact) mass is 408 g/mol. The molecule has 0 aliphatic carbocycles. The van der Waals surface area contributed by atoms with Gasteiger partial charge in [-0.05, 0) is 25.2 Å². The highest BCUT2D eigenvalue weighted by atomic mass is 127. The third-order valence-electron chi connectivity index (χ3n) is 3.61. The van der Waals surface area contributed by atoms with Gasteiger partial charge in [0.2, 0.25) is 0 Å². The van der Waals surface area contributed by atoms with Gasteiger partial charge in [-0.1, -0.05) is 52.9 Å². The van der Waals surface area contributed by atoms with Crippen LogP contribution >= 0.6 is 18.9 Å². The lowest BCUT2D eigenvalue weighted by Crippen LogP contribution is -2.06. The van der Waals surface area contributed by atoms with Crippen LogP contribution in [-0.4, -0.2) is 36.5 Å². The summed E-state index contributed by atoms with van der Waals surface area (Å²) in [5, 5.41) is 0. The Hall–Kier alpha value is 1.42. The molecular weight excluding hydrogens is 375 g/mol. The highest BCUT2D eigenvalue weighted by molar-refractivity contribution is 14.1. The van der Waals surface area contributed by atoms with E-state index in [0.717, 1.165) is 23.2 Å². The quantitative estimate of drug-likeness (QED) is 0.152. The summed E-state index contributed by atoms with van der Waals surface area (Å²) in [6.45, 7) is 9.23. The molecule has 0 bridgehead atoms. The molecule has 0 aliphatic heterocycles. The van der Waals surface area contributed by atoms with E-state index in [9.17, 15) is 0 Å². The minimum absolute atomic E-state index is 0.164. The summed E-state index contributed by atoms with van der Waals surface area (Å²) in [5.74, 6) is 0.857. The Bertz CT molecular complexity index is 193. The lowest BCUT2D eigenvalue weighted by molar-refractivity contribution is -0.0560. The van der Waals surface area contributed by atoms with Crippen LogP contribution in [0.2, 0.25) is 4.05 Å².